The lowest BCUT2D eigenvalue weighted by Crippen LogP contribution is -2.44. The first kappa shape index (κ1) is 14.4. The summed E-state index contributed by atoms with van der Waals surface area (Å²) in [7, 11) is 0. The predicted octanol–water partition coefficient (Wildman–Crippen LogP) is 2.47. The van der Waals surface area contributed by atoms with Crippen LogP contribution in [0.15, 0.2) is 18.2 Å². The molecule has 0 saturated carbocycles. The van der Waals surface area contributed by atoms with Gasteiger partial charge in [-0.3, -0.25) is 0 Å². The number of thioether (sulfide) groups is 1. The zero-order chi connectivity index (χ0) is 13.9. The molecule has 2 rings (SSSR count). The van der Waals surface area contributed by atoms with E-state index in [1.54, 1.807) is 11.8 Å². The molecule has 1 aromatic rings. The quantitative estimate of drug-likeness (QED) is 0.804. The van der Waals surface area contributed by atoms with Gasteiger partial charge in [-0.05, 0) is 30.4 Å². The molecule has 1 unspecified atom stereocenters. The summed E-state index contributed by atoms with van der Waals surface area (Å²) in [6.07, 6.45) is 0.660. The third kappa shape index (κ3) is 3.99. The second-order valence-electron chi connectivity index (χ2n) is 4.46. The Kier molecular flexibility index (Phi) is 4.54. The number of amides is 2. The Hall–Kier alpha value is -0.980. The summed E-state index contributed by atoms with van der Waals surface area (Å²) in [5.41, 5.74) is -0.528. The van der Waals surface area contributed by atoms with E-state index in [0.29, 0.717) is 17.9 Å². The highest BCUT2D eigenvalue weighted by atomic mass is 35.5. The Bertz CT molecular complexity index is 481. The van der Waals surface area contributed by atoms with Gasteiger partial charge in [-0.15, -0.1) is 0 Å². The molecular formula is C12H14ClFN2O2S. The topological polar surface area (TPSA) is 61.4 Å². The van der Waals surface area contributed by atoms with Gasteiger partial charge in [-0.2, -0.15) is 11.8 Å². The van der Waals surface area contributed by atoms with Crippen molar-refractivity contribution in [2.75, 3.05) is 23.4 Å². The van der Waals surface area contributed by atoms with Crippen LogP contribution in [0.2, 0.25) is 5.02 Å². The van der Waals surface area contributed by atoms with Crippen molar-refractivity contribution < 1.29 is 14.3 Å². The summed E-state index contributed by atoms with van der Waals surface area (Å²) in [4.78, 5) is 11.6. The maximum Gasteiger partial charge on any atom is 0.319 e. The van der Waals surface area contributed by atoms with E-state index < -0.39 is 17.4 Å². The molecule has 0 bridgehead atoms. The number of hydrogen-bond acceptors (Lipinski definition) is 3. The van der Waals surface area contributed by atoms with E-state index in [-0.39, 0.29) is 11.6 Å². The molecule has 1 heterocycles. The molecule has 3 N–H and O–H groups in total. The third-order valence-electron chi connectivity index (χ3n) is 2.84. The molecule has 7 heteroatoms. The van der Waals surface area contributed by atoms with Crippen LogP contribution in [-0.4, -0.2) is 34.8 Å². The molecule has 4 nitrogen and oxygen atoms in total. The molecule has 19 heavy (non-hydrogen) atoms. The van der Waals surface area contributed by atoms with E-state index in [9.17, 15) is 14.3 Å². The highest BCUT2D eigenvalue weighted by Gasteiger charge is 2.31. The van der Waals surface area contributed by atoms with E-state index in [2.05, 4.69) is 10.6 Å². The average molecular weight is 305 g/mol. The standard InChI is InChI=1S/C12H14ClFN2O2S/c13-9-2-1-8(5-10(9)14)16-11(17)15-6-12(18)3-4-19-7-12/h1-2,5,18H,3-4,6-7H2,(H2,15,16,17). The van der Waals surface area contributed by atoms with E-state index in [0.717, 1.165) is 11.8 Å². The first-order valence-electron chi connectivity index (χ1n) is 5.79. The van der Waals surface area contributed by atoms with Crippen molar-refractivity contribution in [3.8, 4) is 0 Å². The van der Waals surface area contributed by atoms with Crippen LogP contribution >= 0.6 is 23.4 Å². The minimum atomic E-state index is -0.840. The molecule has 104 valence electrons. The lowest BCUT2D eigenvalue weighted by Gasteiger charge is -2.21. The predicted molar refractivity (Wildman–Crippen MR) is 75.3 cm³/mol. The molecule has 1 fully saturated rings. The number of nitrogens with one attached hydrogen (secondary N) is 2. The van der Waals surface area contributed by atoms with Crippen molar-refractivity contribution in [3.63, 3.8) is 0 Å². The molecule has 0 aromatic heterocycles. The van der Waals surface area contributed by atoms with Crippen LogP contribution in [0.1, 0.15) is 6.42 Å². The smallest absolute Gasteiger partial charge is 0.319 e. The summed E-state index contributed by atoms with van der Waals surface area (Å²) in [5.74, 6) is 0.913. The first-order chi connectivity index (χ1) is 8.98. The van der Waals surface area contributed by atoms with Crippen molar-refractivity contribution in [2.45, 2.75) is 12.0 Å². The van der Waals surface area contributed by atoms with Gasteiger partial charge in [0, 0.05) is 18.0 Å². The molecule has 1 aromatic carbocycles. The summed E-state index contributed by atoms with van der Waals surface area (Å²) >= 11 is 7.20. The normalized spacial score (nSPS) is 22.3. The second kappa shape index (κ2) is 5.98. The zero-order valence-electron chi connectivity index (χ0n) is 10.1. The van der Waals surface area contributed by atoms with Crippen LogP contribution in [0, 0.1) is 5.82 Å². The van der Waals surface area contributed by atoms with Crippen LogP contribution in [0.25, 0.3) is 0 Å². The molecule has 1 atom stereocenters. The highest BCUT2D eigenvalue weighted by Crippen LogP contribution is 2.27. The summed E-state index contributed by atoms with van der Waals surface area (Å²) in [6.45, 7) is 0.182. The molecule has 1 saturated heterocycles. The van der Waals surface area contributed by atoms with Gasteiger partial charge < -0.3 is 15.7 Å². The molecule has 0 radical (unpaired) electrons. The number of carbonyl (C=O) groups excluding carboxylic acids is 1. The van der Waals surface area contributed by atoms with E-state index in [4.69, 9.17) is 11.6 Å². The zero-order valence-corrected chi connectivity index (χ0v) is 11.7. The van der Waals surface area contributed by atoms with Crippen LogP contribution in [0.4, 0.5) is 14.9 Å². The van der Waals surface area contributed by atoms with Crippen LogP contribution < -0.4 is 10.6 Å². The molecule has 0 spiro atoms. The number of hydrogen-bond donors (Lipinski definition) is 3. The van der Waals surface area contributed by atoms with Crippen molar-refractivity contribution in [3.05, 3.63) is 29.0 Å². The highest BCUT2D eigenvalue weighted by molar-refractivity contribution is 7.99. The maximum atomic E-state index is 13.2. The Morgan fingerprint density at radius 1 is 1.58 bits per heavy atom. The summed E-state index contributed by atoms with van der Waals surface area (Å²) < 4.78 is 13.2. The van der Waals surface area contributed by atoms with Crippen molar-refractivity contribution >= 4 is 35.1 Å². The van der Waals surface area contributed by atoms with E-state index in [1.165, 1.54) is 12.1 Å². The Labute approximate surface area is 119 Å². The first-order valence-corrected chi connectivity index (χ1v) is 7.32. The lowest BCUT2D eigenvalue weighted by atomic mass is 10.0. The SMILES string of the molecule is O=C(NCC1(O)CCSC1)Nc1ccc(Cl)c(F)c1. The number of urea groups is 1. The maximum absolute atomic E-state index is 13.2. The van der Waals surface area contributed by atoms with Gasteiger partial charge in [0.25, 0.3) is 0 Å². The Morgan fingerprint density at radius 3 is 3.00 bits per heavy atom. The molecule has 0 aliphatic carbocycles. The van der Waals surface area contributed by atoms with Crippen LogP contribution in [0.3, 0.4) is 0 Å². The third-order valence-corrected chi connectivity index (χ3v) is 4.38. The molecule has 1 aliphatic heterocycles. The van der Waals surface area contributed by atoms with Gasteiger partial charge in [0.1, 0.15) is 5.82 Å². The molecule has 1 aliphatic rings. The lowest BCUT2D eigenvalue weighted by molar-refractivity contribution is 0.0706. The molecular weight excluding hydrogens is 291 g/mol. The minimum absolute atomic E-state index is 0.00301. The minimum Gasteiger partial charge on any atom is -0.387 e. The fourth-order valence-corrected chi connectivity index (χ4v) is 3.14. The van der Waals surface area contributed by atoms with Gasteiger partial charge in [0.2, 0.25) is 0 Å². The van der Waals surface area contributed by atoms with Gasteiger partial charge in [0.05, 0.1) is 10.6 Å². The largest absolute Gasteiger partial charge is 0.387 e. The number of aliphatic hydroxyl groups is 1. The number of benzene rings is 1. The van der Waals surface area contributed by atoms with E-state index >= 15 is 0 Å². The van der Waals surface area contributed by atoms with E-state index in [1.807, 2.05) is 0 Å². The van der Waals surface area contributed by atoms with Gasteiger partial charge in [-0.1, -0.05) is 11.6 Å². The fourth-order valence-electron chi connectivity index (χ4n) is 1.73. The number of anilines is 1. The van der Waals surface area contributed by atoms with Crippen molar-refractivity contribution in [1.82, 2.24) is 5.32 Å². The van der Waals surface area contributed by atoms with Crippen molar-refractivity contribution in [1.29, 1.82) is 0 Å². The second-order valence-corrected chi connectivity index (χ2v) is 5.98. The van der Waals surface area contributed by atoms with Gasteiger partial charge in [0.15, 0.2) is 0 Å². The van der Waals surface area contributed by atoms with Crippen LogP contribution in [0.5, 0.6) is 0 Å². The summed E-state index contributed by atoms with van der Waals surface area (Å²) in [6, 6.07) is 3.54. The van der Waals surface area contributed by atoms with Gasteiger partial charge in [-0.25, -0.2) is 9.18 Å². The number of halogens is 2. The Balaban J connectivity index is 1.85. The monoisotopic (exact) mass is 304 g/mol. The van der Waals surface area contributed by atoms with Gasteiger partial charge >= 0.3 is 6.03 Å². The number of rotatable bonds is 3. The van der Waals surface area contributed by atoms with Crippen LogP contribution in [-0.2, 0) is 0 Å². The van der Waals surface area contributed by atoms with Crippen molar-refractivity contribution in [2.24, 2.45) is 0 Å². The molecule has 2 amide bonds. The fraction of sp³-hybridized carbons (Fsp3) is 0.417. The average Bonchev–Trinajstić information content (AvgIpc) is 2.79. The summed E-state index contributed by atoms with van der Waals surface area (Å²) in [5, 5.41) is 15.1. The Morgan fingerprint density at radius 2 is 2.37 bits per heavy atom. The number of carbonyl (C=O) groups is 1.